The first-order valence-corrected chi connectivity index (χ1v) is 10.3. The minimum atomic E-state index is -5.26. The van der Waals surface area contributed by atoms with Crippen LogP contribution in [0.25, 0.3) is 11.2 Å². The van der Waals surface area contributed by atoms with Crippen molar-refractivity contribution in [3.05, 3.63) is 12.7 Å². The predicted octanol–water partition coefficient (Wildman–Crippen LogP) is -1.78. The Morgan fingerprint density at radius 2 is 1.96 bits per heavy atom. The summed E-state index contributed by atoms with van der Waals surface area (Å²) in [5.74, 6) is 0.126. The fourth-order valence-corrected chi connectivity index (χ4v) is 4.14. The average Bonchev–Trinajstić information content (AvgIpc) is 3.07. The summed E-state index contributed by atoms with van der Waals surface area (Å²) in [6.07, 6.45) is -1.00. The van der Waals surface area contributed by atoms with Crippen molar-refractivity contribution in [2.75, 3.05) is 12.3 Å². The smallest absolute Gasteiger partial charge is 0.389 e. The van der Waals surface area contributed by atoms with Crippen molar-refractivity contribution in [2.45, 2.75) is 24.5 Å². The number of hydrogen-bond acceptors (Lipinski definition) is 11. The van der Waals surface area contributed by atoms with Crippen molar-refractivity contribution in [3.63, 3.8) is 0 Å². The van der Waals surface area contributed by atoms with Gasteiger partial charge in [0.05, 0.1) is 19.0 Å². The van der Waals surface area contributed by atoms with Gasteiger partial charge in [-0.2, -0.15) is 4.31 Å². The van der Waals surface area contributed by atoms with E-state index in [0.29, 0.717) is 0 Å². The molecule has 150 valence electrons. The highest BCUT2D eigenvalue weighted by Gasteiger charge is 2.45. The Labute approximate surface area is 150 Å². The van der Waals surface area contributed by atoms with E-state index in [1.54, 1.807) is 0 Å². The molecular weight excluding hydrogens is 410 g/mol. The average molecular weight is 426 g/mol. The summed E-state index contributed by atoms with van der Waals surface area (Å²) < 4.78 is 37.2. The van der Waals surface area contributed by atoms with Crippen molar-refractivity contribution in [2.24, 2.45) is 5.73 Å². The molecule has 5 atom stereocenters. The van der Waals surface area contributed by atoms with E-state index in [0.717, 1.165) is 0 Å². The van der Waals surface area contributed by atoms with Gasteiger partial charge in [-0.15, -0.1) is 0 Å². The molecule has 0 aromatic carbocycles. The molecule has 0 amide bonds. The van der Waals surface area contributed by atoms with Crippen LogP contribution in [0, 0.1) is 0 Å². The van der Waals surface area contributed by atoms with E-state index in [1.807, 2.05) is 0 Å². The van der Waals surface area contributed by atoms with Crippen LogP contribution in [0.4, 0.5) is 5.82 Å². The first-order valence-electron chi connectivity index (χ1n) is 7.25. The molecule has 1 saturated heterocycles. The van der Waals surface area contributed by atoms with E-state index in [2.05, 4.69) is 23.8 Å². The Balaban J connectivity index is 1.75. The second kappa shape index (κ2) is 7.14. The molecule has 1 aliphatic heterocycles. The van der Waals surface area contributed by atoms with Crippen LogP contribution >= 0.6 is 15.6 Å². The number of hydrogen-bond donors (Lipinski definition) is 6. The van der Waals surface area contributed by atoms with Crippen molar-refractivity contribution in [3.8, 4) is 0 Å². The molecule has 1 fully saturated rings. The van der Waals surface area contributed by atoms with Gasteiger partial charge in [-0.25, -0.2) is 24.1 Å². The Morgan fingerprint density at radius 3 is 2.63 bits per heavy atom. The third-order valence-electron chi connectivity index (χ3n) is 3.69. The Kier molecular flexibility index (Phi) is 5.35. The van der Waals surface area contributed by atoms with Gasteiger partial charge in [-0.1, -0.05) is 0 Å². The van der Waals surface area contributed by atoms with Crippen LogP contribution < -0.4 is 11.5 Å². The van der Waals surface area contributed by atoms with Gasteiger partial charge in [0.25, 0.3) is 0 Å². The second-order valence-corrected chi connectivity index (χ2v) is 8.38. The highest BCUT2D eigenvalue weighted by molar-refractivity contribution is 7.60. The topological polar surface area (TPSA) is 238 Å². The van der Waals surface area contributed by atoms with E-state index in [-0.39, 0.29) is 17.0 Å². The van der Waals surface area contributed by atoms with Crippen LogP contribution in [0.3, 0.4) is 0 Å². The molecule has 3 heterocycles. The molecule has 0 radical (unpaired) electrons. The standard InChI is InChI=1S/C10H16N6O9P2/c11-5-7(17)4(1-23-27(21,22)25-26(18,19)20)24-10(5)16-3-15-6-8(12)13-2-14-9(6)16/h2-5,7,10,17H,1,11H2,(H,21,22)(H2,12,13,14)(H2,18,19,20)/t4-,5-,7-,10-/m1/s1. The van der Waals surface area contributed by atoms with E-state index in [1.165, 1.54) is 17.2 Å². The lowest BCUT2D eigenvalue weighted by Gasteiger charge is -2.17. The Bertz CT molecular complexity index is 933. The summed E-state index contributed by atoms with van der Waals surface area (Å²) in [7, 11) is -10.4. The van der Waals surface area contributed by atoms with E-state index < -0.39 is 46.7 Å². The number of aromatic nitrogens is 4. The van der Waals surface area contributed by atoms with Crippen LogP contribution in [0.15, 0.2) is 12.7 Å². The summed E-state index contributed by atoms with van der Waals surface area (Å²) in [6.45, 7) is -0.733. The van der Waals surface area contributed by atoms with Gasteiger partial charge in [0.15, 0.2) is 17.7 Å². The number of nitrogens with two attached hydrogens (primary N) is 2. The maximum Gasteiger partial charge on any atom is 0.481 e. The number of aliphatic hydroxyl groups is 1. The lowest BCUT2D eigenvalue weighted by atomic mass is 10.1. The van der Waals surface area contributed by atoms with E-state index in [9.17, 15) is 19.1 Å². The lowest BCUT2D eigenvalue weighted by molar-refractivity contribution is -0.0428. The highest BCUT2D eigenvalue weighted by Crippen LogP contribution is 2.57. The van der Waals surface area contributed by atoms with Gasteiger partial charge in [0, 0.05) is 0 Å². The van der Waals surface area contributed by atoms with Crippen LogP contribution in [0.5, 0.6) is 0 Å². The highest BCUT2D eigenvalue weighted by atomic mass is 31.3. The maximum atomic E-state index is 11.5. The van der Waals surface area contributed by atoms with Crippen LogP contribution in [-0.4, -0.2) is 64.2 Å². The zero-order valence-electron chi connectivity index (χ0n) is 13.3. The zero-order valence-corrected chi connectivity index (χ0v) is 15.1. The summed E-state index contributed by atoms with van der Waals surface area (Å²) >= 11 is 0. The fraction of sp³-hybridized carbons (Fsp3) is 0.500. The van der Waals surface area contributed by atoms with Gasteiger partial charge < -0.3 is 36.0 Å². The normalized spacial score (nSPS) is 28.5. The van der Waals surface area contributed by atoms with Crippen LogP contribution in [0.1, 0.15) is 6.23 Å². The zero-order chi connectivity index (χ0) is 20.0. The molecule has 3 rings (SSSR count). The van der Waals surface area contributed by atoms with E-state index in [4.69, 9.17) is 26.0 Å². The summed E-state index contributed by atoms with van der Waals surface area (Å²) in [5, 5.41) is 10.2. The first-order chi connectivity index (χ1) is 12.5. The second-order valence-electron chi connectivity index (χ2n) is 5.55. The number of phosphoric ester groups is 1. The molecule has 2 aromatic rings. The molecule has 15 nitrogen and oxygen atoms in total. The number of anilines is 1. The van der Waals surface area contributed by atoms with Gasteiger partial charge in [-0.3, -0.25) is 9.09 Å². The predicted molar refractivity (Wildman–Crippen MR) is 86.5 cm³/mol. The lowest BCUT2D eigenvalue weighted by Crippen LogP contribution is -2.40. The molecule has 2 aromatic heterocycles. The molecule has 8 N–H and O–H groups in total. The molecule has 17 heteroatoms. The van der Waals surface area contributed by atoms with Gasteiger partial charge in [0.2, 0.25) is 0 Å². The number of fused-ring (bicyclic) bond motifs is 1. The number of aliphatic hydroxyl groups excluding tert-OH is 1. The maximum absolute atomic E-state index is 11.5. The summed E-state index contributed by atoms with van der Waals surface area (Å²) in [6, 6.07) is -1.01. The van der Waals surface area contributed by atoms with Crippen LogP contribution in [0.2, 0.25) is 0 Å². The van der Waals surface area contributed by atoms with Gasteiger partial charge in [0.1, 0.15) is 24.1 Å². The summed E-state index contributed by atoms with van der Waals surface area (Å²) in [5.41, 5.74) is 12.2. The molecular formula is C10H16N6O9P2. The molecule has 1 aliphatic rings. The largest absolute Gasteiger partial charge is 0.481 e. The first kappa shape index (κ1) is 20.2. The quantitative estimate of drug-likeness (QED) is 0.280. The minimum Gasteiger partial charge on any atom is -0.389 e. The third-order valence-corrected chi connectivity index (χ3v) is 5.84. The molecule has 0 bridgehead atoms. The number of phosphoric acid groups is 2. The molecule has 0 aliphatic carbocycles. The summed E-state index contributed by atoms with van der Waals surface area (Å²) in [4.78, 5) is 38.3. The van der Waals surface area contributed by atoms with Crippen molar-refractivity contribution < 1.29 is 42.5 Å². The number of imidazole rings is 1. The molecule has 1 unspecified atom stereocenters. The fourth-order valence-electron chi connectivity index (χ4n) is 2.54. The number of rotatable bonds is 6. The number of nitrogen functional groups attached to an aromatic ring is 1. The SMILES string of the molecule is Nc1ncnc2c1ncn2[C@@H]1O[C@H](COP(=O)(O)OP(=O)(O)O)[C@@H](O)[C@H]1N. The van der Waals surface area contributed by atoms with Crippen molar-refractivity contribution in [1.29, 1.82) is 0 Å². The minimum absolute atomic E-state index is 0.126. The van der Waals surface area contributed by atoms with E-state index >= 15 is 0 Å². The Morgan fingerprint density at radius 1 is 1.26 bits per heavy atom. The molecule has 0 saturated carbocycles. The van der Waals surface area contributed by atoms with Crippen molar-refractivity contribution in [1.82, 2.24) is 19.5 Å². The van der Waals surface area contributed by atoms with Crippen LogP contribution in [-0.2, 0) is 22.7 Å². The number of ether oxygens (including phenoxy) is 1. The van der Waals surface area contributed by atoms with Crippen molar-refractivity contribution >= 4 is 32.6 Å². The number of nitrogens with zero attached hydrogens (tertiary/aromatic N) is 4. The third kappa shape index (κ3) is 4.33. The van der Waals surface area contributed by atoms with Gasteiger partial charge >= 0.3 is 15.6 Å². The molecule has 0 spiro atoms. The molecule has 27 heavy (non-hydrogen) atoms. The monoisotopic (exact) mass is 426 g/mol. The van der Waals surface area contributed by atoms with Gasteiger partial charge in [-0.05, 0) is 0 Å². The Hall–Kier alpha value is -1.51.